The van der Waals surface area contributed by atoms with E-state index in [2.05, 4.69) is 10.2 Å². The number of Topliss-reactive ketones (excluding diaryl/α,β-unsaturated/α-hetero) is 1. The molecule has 0 saturated heterocycles. The molecule has 0 heterocycles. The average Bonchev–Trinajstić information content (AvgIpc) is 2.48. The minimum Gasteiger partial charge on any atom is -0.289 e. The third kappa shape index (κ3) is 4.81. The first-order valence-corrected chi connectivity index (χ1v) is 8.34. The van der Waals surface area contributed by atoms with Gasteiger partial charge in [-0.15, -0.1) is 0 Å². The van der Waals surface area contributed by atoms with Gasteiger partial charge in [0.15, 0.2) is 5.78 Å². The van der Waals surface area contributed by atoms with Gasteiger partial charge >= 0.3 is 0 Å². The molecular formula is C21H25FN2O. The van der Waals surface area contributed by atoms with E-state index in [0.29, 0.717) is 5.69 Å². The number of allylic oxidation sites excluding steroid dienone is 5. The van der Waals surface area contributed by atoms with Crippen molar-refractivity contribution in [3.05, 3.63) is 65.2 Å². The van der Waals surface area contributed by atoms with Crippen LogP contribution < -0.4 is 0 Å². The van der Waals surface area contributed by atoms with Gasteiger partial charge in [-0.2, -0.15) is 10.2 Å². The summed E-state index contributed by atoms with van der Waals surface area (Å²) in [6.45, 7) is 12.2. The van der Waals surface area contributed by atoms with Gasteiger partial charge in [0.05, 0.1) is 11.9 Å². The molecule has 2 rings (SSSR count). The molecule has 0 atom stereocenters. The third-order valence-electron chi connectivity index (χ3n) is 3.93. The zero-order valence-electron chi connectivity index (χ0n) is 15.7. The van der Waals surface area contributed by atoms with Crippen LogP contribution in [-0.2, 0) is 4.79 Å². The molecule has 0 bridgehead atoms. The number of carbonyl (C=O) groups excluding carboxylic acids is 1. The van der Waals surface area contributed by atoms with Crippen molar-refractivity contribution in [1.29, 1.82) is 0 Å². The molecule has 0 radical (unpaired) electrons. The van der Waals surface area contributed by atoms with Crippen LogP contribution in [0.5, 0.6) is 0 Å². The van der Waals surface area contributed by atoms with Gasteiger partial charge in [-0.1, -0.05) is 41.5 Å². The summed E-state index contributed by atoms with van der Waals surface area (Å²) in [6, 6.07) is 5.81. The minimum absolute atomic E-state index is 0.0904. The predicted octanol–water partition coefficient (Wildman–Crippen LogP) is 6.32. The van der Waals surface area contributed by atoms with Gasteiger partial charge in [-0.3, -0.25) is 4.79 Å². The Bertz CT molecular complexity index is 747. The molecule has 132 valence electrons. The quantitative estimate of drug-likeness (QED) is 0.581. The Kier molecular flexibility index (Phi) is 5.21. The molecule has 0 aliphatic heterocycles. The first kappa shape index (κ1) is 19.0. The van der Waals surface area contributed by atoms with Crippen molar-refractivity contribution in [2.45, 2.75) is 41.5 Å². The van der Waals surface area contributed by atoms with Crippen molar-refractivity contribution < 1.29 is 9.18 Å². The van der Waals surface area contributed by atoms with Gasteiger partial charge in [0.1, 0.15) is 5.82 Å². The molecule has 0 unspecified atom stereocenters. The van der Waals surface area contributed by atoms with E-state index in [4.69, 9.17) is 0 Å². The monoisotopic (exact) mass is 340 g/mol. The lowest BCUT2D eigenvalue weighted by Crippen LogP contribution is -2.27. The van der Waals surface area contributed by atoms with Crippen LogP contribution in [0.2, 0.25) is 0 Å². The fraction of sp³-hybridized carbons (Fsp3) is 0.381. The highest BCUT2D eigenvalue weighted by Gasteiger charge is 2.33. The highest BCUT2D eigenvalue weighted by molar-refractivity contribution is 6.11. The molecule has 0 N–H and O–H groups in total. The van der Waals surface area contributed by atoms with Gasteiger partial charge in [-0.25, -0.2) is 4.39 Å². The van der Waals surface area contributed by atoms with Crippen LogP contribution in [-0.4, -0.2) is 5.78 Å². The highest BCUT2D eigenvalue weighted by Crippen LogP contribution is 2.38. The molecule has 4 heteroatoms. The number of nitrogens with zero attached hydrogens (tertiary/aromatic N) is 2. The number of benzene rings is 1. The molecule has 0 saturated carbocycles. The molecule has 0 fully saturated rings. The van der Waals surface area contributed by atoms with E-state index >= 15 is 0 Å². The van der Waals surface area contributed by atoms with Crippen LogP contribution in [0.1, 0.15) is 41.5 Å². The van der Waals surface area contributed by atoms with Gasteiger partial charge in [0, 0.05) is 11.1 Å². The lowest BCUT2D eigenvalue weighted by molar-refractivity contribution is -0.114. The number of carbonyl (C=O) groups is 1. The molecular weight excluding hydrogens is 315 g/mol. The number of rotatable bonds is 2. The van der Waals surface area contributed by atoms with E-state index in [0.717, 1.165) is 16.7 Å². The lowest BCUT2D eigenvalue weighted by Gasteiger charge is -2.31. The van der Waals surface area contributed by atoms with Crippen LogP contribution in [0.4, 0.5) is 10.1 Å². The summed E-state index contributed by atoms with van der Waals surface area (Å²) in [5.41, 5.74) is 2.43. The van der Waals surface area contributed by atoms with E-state index < -0.39 is 0 Å². The van der Waals surface area contributed by atoms with Crippen LogP contribution in [0.3, 0.4) is 0 Å². The fourth-order valence-corrected chi connectivity index (χ4v) is 2.51. The predicted molar refractivity (Wildman–Crippen MR) is 99.1 cm³/mol. The topological polar surface area (TPSA) is 41.8 Å². The molecule has 1 aromatic rings. The van der Waals surface area contributed by atoms with E-state index in [1.807, 2.05) is 53.7 Å². The first-order valence-electron chi connectivity index (χ1n) is 8.34. The van der Waals surface area contributed by atoms with Crippen molar-refractivity contribution in [3.63, 3.8) is 0 Å². The van der Waals surface area contributed by atoms with Crippen molar-refractivity contribution in [3.8, 4) is 0 Å². The molecule has 25 heavy (non-hydrogen) atoms. The van der Waals surface area contributed by atoms with Gasteiger partial charge in [0.25, 0.3) is 0 Å². The normalized spacial score (nSPS) is 16.1. The Labute approximate surface area is 149 Å². The number of hydrogen-bond donors (Lipinski definition) is 0. The Morgan fingerprint density at radius 2 is 1.36 bits per heavy atom. The summed E-state index contributed by atoms with van der Waals surface area (Å²) in [5.74, 6) is -0.216. The number of azo groups is 1. The zero-order chi connectivity index (χ0) is 18.8. The molecule has 3 nitrogen and oxygen atoms in total. The van der Waals surface area contributed by atoms with Crippen molar-refractivity contribution in [2.75, 3.05) is 0 Å². The molecule has 0 amide bonds. The SMILES string of the molecule is CC(C)(C)C1=CC(=CN=Nc2ccc(F)cc2)C=C(C(C)(C)C)C1=O. The standard InChI is InChI=1S/C21H25FN2O/c1-20(2,3)17-11-14(12-18(19(17)25)21(4,5)6)13-23-24-16-9-7-15(22)8-10-16/h7-13H,1-6H3. The number of ketones is 1. The largest absolute Gasteiger partial charge is 0.289 e. The number of halogens is 1. The molecule has 0 spiro atoms. The summed E-state index contributed by atoms with van der Waals surface area (Å²) < 4.78 is 12.9. The van der Waals surface area contributed by atoms with Crippen LogP contribution in [0.25, 0.3) is 0 Å². The van der Waals surface area contributed by atoms with E-state index in [1.165, 1.54) is 12.1 Å². The van der Waals surface area contributed by atoms with E-state index in [9.17, 15) is 9.18 Å². The Morgan fingerprint density at radius 3 is 1.80 bits per heavy atom. The second-order valence-electron chi connectivity index (χ2n) is 8.27. The second-order valence-corrected chi connectivity index (χ2v) is 8.27. The third-order valence-corrected chi connectivity index (χ3v) is 3.93. The van der Waals surface area contributed by atoms with Gasteiger partial charge in [0.2, 0.25) is 0 Å². The van der Waals surface area contributed by atoms with Gasteiger partial charge < -0.3 is 0 Å². The van der Waals surface area contributed by atoms with Crippen LogP contribution >= 0.6 is 0 Å². The van der Waals surface area contributed by atoms with Crippen molar-refractivity contribution >= 4 is 11.5 Å². The maximum Gasteiger partial charge on any atom is 0.186 e. The van der Waals surface area contributed by atoms with E-state index in [-0.39, 0.29) is 22.4 Å². The molecule has 0 aromatic heterocycles. The maximum atomic E-state index is 12.9. The maximum absolute atomic E-state index is 12.9. The molecule has 1 aromatic carbocycles. The fourth-order valence-electron chi connectivity index (χ4n) is 2.51. The summed E-state index contributed by atoms with van der Waals surface area (Å²) in [4.78, 5) is 12.8. The number of hydrogen-bond acceptors (Lipinski definition) is 3. The van der Waals surface area contributed by atoms with Gasteiger partial charge in [-0.05, 0) is 52.8 Å². The Morgan fingerprint density at radius 1 is 0.880 bits per heavy atom. The zero-order valence-corrected chi connectivity index (χ0v) is 15.7. The summed E-state index contributed by atoms with van der Waals surface area (Å²) in [7, 11) is 0. The lowest BCUT2D eigenvalue weighted by atomic mass is 9.72. The summed E-state index contributed by atoms with van der Waals surface area (Å²) in [5, 5.41) is 8.17. The Hall–Kier alpha value is -2.36. The van der Waals surface area contributed by atoms with Crippen molar-refractivity contribution in [2.24, 2.45) is 21.1 Å². The van der Waals surface area contributed by atoms with Crippen LogP contribution in [0, 0.1) is 16.6 Å². The smallest absolute Gasteiger partial charge is 0.186 e. The second kappa shape index (κ2) is 6.87. The van der Waals surface area contributed by atoms with E-state index in [1.54, 1.807) is 18.3 Å². The molecule has 1 aliphatic carbocycles. The van der Waals surface area contributed by atoms with Crippen LogP contribution in [0.15, 0.2) is 69.6 Å². The average molecular weight is 340 g/mol. The van der Waals surface area contributed by atoms with Crippen molar-refractivity contribution in [1.82, 2.24) is 0 Å². The Balaban J connectivity index is 2.39. The highest BCUT2D eigenvalue weighted by atomic mass is 19.1. The minimum atomic E-state index is -0.307. The summed E-state index contributed by atoms with van der Waals surface area (Å²) >= 11 is 0. The summed E-state index contributed by atoms with van der Waals surface area (Å²) in [6.07, 6.45) is 5.38. The molecule has 1 aliphatic rings. The first-order chi connectivity index (χ1) is 11.5.